The Hall–Kier alpha value is -1.54. The molecule has 2 unspecified atom stereocenters. The summed E-state index contributed by atoms with van der Waals surface area (Å²) in [7, 11) is -10.8. The van der Waals surface area contributed by atoms with E-state index in [0.29, 0.717) is 0 Å². The molecule has 0 saturated carbocycles. The largest absolute Gasteiger partial charge is 0.481 e. The first-order valence-corrected chi connectivity index (χ1v) is 9.82. The number of carbonyl (C=O) groups is 2. The van der Waals surface area contributed by atoms with Gasteiger partial charge in [0, 0.05) is 5.92 Å². The lowest BCUT2D eigenvalue weighted by molar-refractivity contribution is -0.140. The Bertz CT molecular complexity index is 651. The summed E-state index contributed by atoms with van der Waals surface area (Å²) in [4.78, 5) is 59.7. The zero-order valence-electron chi connectivity index (χ0n) is 12.0. The number of carboxylic acids is 2. The molecule has 2 atom stereocenters. The average molecular weight is 382 g/mol. The Labute approximate surface area is 136 Å². The van der Waals surface area contributed by atoms with E-state index in [9.17, 15) is 38.3 Å². The molecule has 24 heavy (non-hydrogen) atoms. The number of hydrogen-bond donors (Lipinski definition) is 6. The highest BCUT2D eigenvalue weighted by Gasteiger charge is 2.53. The fraction of sp³-hybridized carbons (Fsp3) is 0.333. The summed E-state index contributed by atoms with van der Waals surface area (Å²) >= 11 is 0. The van der Waals surface area contributed by atoms with E-state index in [2.05, 4.69) is 0 Å². The van der Waals surface area contributed by atoms with E-state index in [1.807, 2.05) is 0 Å². The predicted octanol–water partition coefficient (Wildman–Crippen LogP) is 0.107. The highest BCUT2D eigenvalue weighted by atomic mass is 31.2. The van der Waals surface area contributed by atoms with Gasteiger partial charge < -0.3 is 29.8 Å². The van der Waals surface area contributed by atoms with Crippen LogP contribution in [0.5, 0.6) is 0 Å². The fourth-order valence-corrected chi connectivity index (χ4v) is 4.70. The fourth-order valence-electron chi connectivity index (χ4n) is 2.44. The van der Waals surface area contributed by atoms with Gasteiger partial charge in [0.15, 0.2) is 11.3 Å². The van der Waals surface area contributed by atoms with Crippen molar-refractivity contribution in [1.82, 2.24) is 0 Å². The monoisotopic (exact) mass is 382 g/mol. The van der Waals surface area contributed by atoms with E-state index < -0.39 is 50.8 Å². The smallest absolute Gasteiger partial charge is 0.340 e. The molecule has 0 heterocycles. The van der Waals surface area contributed by atoms with Crippen LogP contribution >= 0.6 is 15.2 Å². The van der Waals surface area contributed by atoms with Crippen LogP contribution in [0.3, 0.4) is 0 Å². The Morgan fingerprint density at radius 3 is 1.50 bits per heavy atom. The molecule has 0 aromatic heterocycles. The van der Waals surface area contributed by atoms with Gasteiger partial charge >= 0.3 is 27.1 Å². The number of hydrogen-bond acceptors (Lipinski definition) is 4. The van der Waals surface area contributed by atoms with Crippen LogP contribution in [0.15, 0.2) is 30.3 Å². The van der Waals surface area contributed by atoms with Gasteiger partial charge in [0.2, 0.25) is 0 Å². The molecule has 12 heteroatoms. The normalized spacial score (nSPS) is 16.2. The first kappa shape index (κ1) is 20.5. The van der Waals surface area contributed by atoms with Crippen LogP contribution in [-0.2, 0) is 25.1 Å². The lowest BCUT2D eigenvalue weighted by atomic mass is 9.92. The molecule has 0 fully saturated rings. The maximum absolute atomic E-state index is 11.5. The van der Waals surface area contributed by atoms with Crippen LogP contribution < -0.4 is 0 Å². The van der Waals surface area contributed by atoms with Gasteiger partial charge in [-0.25, -0.2) is 0 Å². The standard InChI is InChI=1S/C12H16O10P2/c13-11(14)9(23(17,18)19)8(6-7-4-2-1-3-5-7)10(12(15)16)24(20,21)22/h1-5,8-10H,6H2,(H,13,14)(H,15,16)(H2,17,18,19)(H2,20,21,22). The highest BCUT2D eigenvalue weighted by molar-refractivity contribution is 7.55. The van der Waals surface area contributed by atoms with E-state index in [0.717, 1.165) is 0 Å². The molecule has 1 aromatic rings. The van der Waals surface area contributed by atoms with Crippen molar-refractivity contribution in [3.05, 3.63) is 35.9 Å². The molecule has 0 bridgehead atoms. The van der Waals surface area contributed by atoms with Gasteiger partial charge in [0.05, 0.1) is 0 Å². The van der Waals surface area contributed by atoms with Gasteiger partial charge in [-0.1, -0.05) is 30.3 Å². The number of benzene rings is 1. The summed E-state index contributed by atoms with van der Waals surface area (Å²) in [6, 6.07) is 7.45. The van der Waals surface area contributed by atoms with Crippen molar-refractivity contribution in [3.63, 3.8) is 0 Å². The number of rotatable bonds is 8. The first-order valence-electron chi connectivity index (χ1n) is 6.45. The van der Waals surface area contributed by atoms with E-state index in [-0.39, 0.29) is 5.56 Å². The molecule has 0 aliphatic heterocycles. The van der Waals surface area contributed by atoms with E-state index in [1.54, 1.807) is 6.07 Å². The molecular formula is C12H16O10P2. The lowest BCUT2D eigenvalue weighted by Crippen LogP contribution is -2.42. The minimum Gasteiger partial charge on any atom is -0.481 e. The Kier molecular flexibility index (Phi) is 6.46. The Morgan fingerprint density at radius 2 is 1.21 bits per heavy atom. The van der Waals surface area contributed by atoms with Crippen LogP contribution in [0.25, 0.3) is 0 Å². The molecule has 10 nitrogen and oxygen atoms in total. The predicted molar refractivity (Wildman–Crippen MR) is 80.6 cm³/mol. The Morgan fingerprint density at radius 1 is 0.833 bits per heavy atom. The molecule has 0 aliphatic carbocycles. The minimum absolute atomic E-state index is 0.280. The zero-order valence-corrected chi connectivity index (χ0v) is 13.8. The summed E-state index contributed by atoms with van der Waals surface area (Å²) in [6.07, 6.45) is -0.551. The number of aliphatic carboxylic acids is 2. The Balaban J connectivity index is 3.49. The third kappa shape index (κ3) is 5.24. The van der Waals surface area contributed by atoms with Crippen molar-refractivity contribution in [3.8, 4) is 0 Å². The summed E-state index contributed by atoms with van der Waals surface area (Å²) in [5, 5.41) is 18.2. The van der Waals surface area contributed by atoms with Crippen LogP contribution in [0, 0.1) is 5.92 Å². The highest BCUT2D eigenvalue weighted by Crippen LogP contribution is 2.54. The molecule has 134 valence electrons. The van der Waals surface area contributed by atoms with Crippen LogP contribution in [0.4, 0.5) is 0 Å². The topological polar surface area (TPSA) is 190 Å². The average Bonchev–Trinajstić information content (AvgIpc) is 2.35. The van der Waals surface area contributed by atoms with Crippen LogP contribution in [-0.4, -0.2) is 53.0 Å². The lowest BCUT2D eigenvalue weighted by Gasteiger charge is -2.29. The third-order valence-corrected chi connectivity index (χ3v) is 6.01. The summed E-state index contributed by atoms with van der Waals surface area (Å²) in [6.45, 7) is 0. The van der Waals surface area contributed by atoms with E-state index in [4.69, 9.17) is 10.2 Å². The van der Waals surface area contributed by atoms with Crippen LogP contribution in [0.1, 0.15) is 5.56 Å². The van der Waals surface area contributed by atoms with Crippen molar-refractivity contribution >= 4 is 27.1 Å². The maximum Gasteiger partial charge on any atom is 0.340 e. The third-order valence-electron chi connectivity index (χ3n) is 3.36. The molecule has 0 amide bonds. The molecule has 1 rings (SSSR count). The molecule has 0 spiro atoms. The van der Waals surface area contributed by atoms with Gasteiger partial charge in [0.1, 0.15) is 0 Å². The van der Waals surface area contributed by atoms with Crippen molar-refractivity contribution in [2.45, 2.75) is 17.7 Å². The molecule has 1 aromatic carbocycles. The second-order valence-corrected chi connectivity index (χ2v) is 8.57. The van der Waals surface area contributed by atoms with Crippen molar-refractivity contribution in [1.29, 1.82) is 0 Å². The van der Waals surface area contributed by atoms with Gasteiger partial charge in [-0.3, -0.25) is 18.7 Å². The maximum atomic E-state index is 11.5. The molecule has 6 N–H and O–H groups in total. The minimum atomic E-state index is -5.39. The van der Waals surface area contributed by atoms with Gasteiger partial charge in [-0.2, -0.15) is 0 Å². The molecule has 0 radical (unpaired) electrons. The van der Waals surface area contributed by atoms with Gasteiger partial charge in [-0.05, 0) is 12.0 Å². The second kappa shape index (κ2) is 7.57. The molecule has 0 aliphatic rings. The van der Waals surface area contributed by atoms with Crippen LogP contribution in [0.2, 0.25) is 0 Å². The van der Waals surface area contributed by atoms with Crippen molar-refractivity contribution < 1.29 is 48.5 Å². The number of carboxylic acid groups (broad SMARTS) is 2. The van der Waals surface area contributed by atoms with E-state index >= 15 is 0 Å². The van der Waals surface area contributed by atoms with E-state index in [1.165, 1.54) is 24.3 Å². The van der Waals surface area contributed by atoms with Crippen molar-refractivity contribution in [2.75, 3.05) is 0 Å². The first-order chi connectivity index (χ1) is 10.9. The van der Waals surface area contributed by atoms with Gasteiger partial charge in [0.25, 0.3) is 0 Å². The quantitative estimate of drug-likeness (QED) is 0.336. The van der Waals surface area contributed by atoms with Gasteiger partial charge in [-0.15, -0.1) is 0 Å². The SMILES string of the molecule is O=C(O)C(C(Cc1ccccc1)C(C(=O)O)P(=O)(O)O)P(=O)(O)O. The molecule has 0 saturated heterocycles. The summed E-state index contributed by atoms with van der Waals surface area (Å²) < 4.78 is 23.1. The summed E-state index contributed by atoms with van der Waals surface area (Å²) in [5.74, 6) is -6.10. The second-order valence-electron chi connectivity index (χ2n) is 5.10. The zero-order chi connectivity index (χ0) is 18.7. The summed E-state index contributed by atoms with van der Waals surface area (Å²) in [5.41, 5.74) is -4.88. The molecular weight excluding hydrogens is 366 g/mol. The van der Waals surface area contributed by atoms with Crippen molar-refractivity contribution in [2.24, 2.45) is 5.92 Å².